The molecule has 1 amide bonds. The molecule has 7 N–H and O–H groups in total. The Morgan fingerprint density at radius 2 is 1.93 bits per heavy atom. The maximum atomic E-state index is 15.5. The number of carbonyl (C=O) groups excluding carboxylic acids is 1. The summed E-state index contributed by atoms with van der Waals surface area (Å²) in [4.78, 5) is 43.0. The van der Waals surface area contributed by atoms with Crippen LogP contribution in [-0.2, 0) is 9.36 Å². The SMILES string of the molecule is C=CC(=O)Nc1cccc(-c2nc(Nc3cc(F)c(N4CCN(C)CC4)c(OP(=O)(O)O)c3)nc(N)c2C(=N)Cl)c1. The summed E-state index contributed by atoms with van der Waals surface area (Å²) in [6.45, 7) is 5.48. The number of nitrogens with two attached hydrogens (primary N) is 1. The number of aromatic nitrogens is 2. The highest BCUT2D eigenvalue weighted by atomic mass is 35.5. The van der Waals surface area contributed by atoms with E-state index in [9.17, 15) is 19.1 Å². The van der Waals surface area contributed by atoms with E-state index in [1.165, 1.54) is 6.07 Å². The van der Waals surface area contributed by atoms with Gasteiger partial charge in [-0.2, -0.15) is 4.98 Å². The summed E-state index contributed by atoms with van der Waals surface area (Å²) in [6.07, 6.45) is 1.11. The molecule has 1 aromatic heterocycles. The smallest absolute Gasteiger partial charge is 0.402 e. The number of phosphoric acid groups is 1. The fourth-order valence-corrected chi connectivity index (χ4v) is 4.79. The second-order valence-electron chi connectivity index (χ2n) is 9.05. The van der Waals surface area contributed by atoms with Gasteiger partial charge < -0.3 is 30.7 Å². The first-order valence-corrected chi connectivity index (χ1v) is 14.0. The van der Waals surface area contributed by atoms with Crippen LogP contribution in [0.5, 0.6) is 5.75 Å². The van der Waals surface area contributed by atoms with E-state index in [-0.39, 0.29) is 40.1 Å². The van der Waals surface area contributed by atoms with Gasteiger partial charge in [-0.3, -0.25) is 20.0 Å². The summed E-state index contributed by atoms with van der Waals surface area (Å²) in [5.41, 5.74) is 7.03. The summed E-state index contributed by atoms with van der Waals surface area (Å²) in [5, 5.41) is 12.9. The quantitative estimate of drug-likeness (QED) is 0.119. The Kier molecular flexibility index (Phi) is 8.90. The second-order valence-corrected chi connectivity index (χ2v) is 10.6. The zero-order chi connectivity index (χ0) is 29.9. The molecular formula is C25H27ClFN8O5P. The lowest BCUT2D eigenvalue weighted by Crippen LogP contribution is -2.45. The van der Waals surface area contributed by atoms with Gasteiger partial charge in [-0.15, -0.1) is 0 Å². The average molecular weight is 605 g/mol. The van der Waals surface area contributed by atoms with Crippen LogP contribution in [0, 0.1) is 11.2 Å². The van der Waals surface area contributed by atoms with Crippen molar-refractivity contribution in [2.24, 2.45) is 0 Å². The number of nitrogen functional groups attached to an aromatic ring is 1. The number of hydrogen-bond acceptors (Lipinski definition) is 10. The molecule has 0 radical (unpaired) electrons. The highest BCUT2D eigenvalue weighted by Gasteiger charge is 2.27. The molecule has 0 atom stereocenters. The predicted octanol–water partition coefficient (Wildman–Crippen LogP) is 3.52. The number of nitrogens with one attached hydrogen (secondary N) is 3. The van der Waals surface area contributed by atoms with E-state index in [1.54, 1.807) is 29.2 Å². The van der Waals surface area contributed by atoms with E-state index in [2.05, 4.69) is 27.2 Å². The molecule has 0 aliphatic carbocycles. The number of carbonyl (C=O) groups is 1. The standard InChI is InChI=1S/C25H27ClFN8O5P/c1-3-19(36)30-15-6-4-5-14(11-15)21-20(23(26)28)24(29)33-25(32-21)31-16-12-17(27)22(18(13-16)40-41(37,38)39)35-9-7-34(2)8-10-35/h3-6,11-13,28H,1,7-10H2,2H3,(H,30,36)(H2,37,38,39)(H3,29,31,32,33). The Bertz CT molecular complexity index is 1560. The molecule has 0 unspecified atom stereocenters. The van der Waals surface area contributed by atoms with E-state index in [0.29, 0.717) is 37.4 Å². The molecule has 2 aromatic carbocycles. The Labute approximate surface area is 239 Å². The van der Waals surface area contributed by atoms with Gasteiger partial charge in [0, 0.05) is 49.2 Å². The van der Waals surface area contributed by atoms with Crippen molar-refractivity contribution in [3.8, 4) is 17.0 Å². The minimum Gasteiger partial charge on any atom is -0.402 e. The fourth-order valence-electron chi connectivity index (χ4n) is 4.21. The van der Waals surface area contributed by atoms with Crippen molar-refractivity contribution in [1.29, 1.82) is 5.41 Å². The van der Waals surface area contributed by atoms with Gasteiger partial charge in [0.05, 0.1) is 11.3 Å². The normalized spacial score (nSPS) is 13.9. The number of nitrogens with zero attached hydrogens (tertiary/aromatic N) is 4. The molecule has 13 nitrogen and oxygen atoms in total. The van der Waals surface area contributed by atoms with E-state index in [0.717, 1.165) is 12.1 Å². The van der Waals surface area contributed by atoms with Crippen LogP contribution in [0.25, 0.3) is 11.3 Å². The number of benzene rings is 2. The Balaban J connectivity index is 1.76. The highest BCUT2D eigenvalue weighted by molar-refractivity contribution is 7.46. The molecule has 1 aliphatic rings. The van der Waals surface area contributed by atoms with Gasteiger partial charge in [0.15, 0.2) is 11.6 Å². The maximum Gasteiger partial charge on any atom is 0.524 e. The van der Waals surface area contributed by atoms with E-state index in [4.69, 9.17) is 27.3 Å². The highest BCUT2D eigenvalue weighted by Crippen LogP contribution is 2.45. The number of phosphoric ester groups is 1. The molecule has 2 heterocycles. The molecule has 0 bridgehead atoms. The number of amides is 1. The van der Waals surface area contributed by atoms with Crippen LogP contribution in [0.15, 0.2) is 49.1 Å². The summed E-state index contributed by atoms with van der Waals surface area (Å²) in [6, 6.07) is 8.83. The zero-order valence-electron chi connectivity index (χ0n) is 21.8. The van der Waals surface area contributed by atoms with Gasteiger partial charge in [-0.05, 0) is 31.3 Å². The molecule has 1 aliphatic heterocycles. The number of halogens is 2. The lowest BCUT2D eigenvalue weighted by atomic mass is 10.1. The van der Waals surface area contributed by atoms with Crippen LogP contribution in [0.4, 0.5) is 33.2 Å². The van der Waals surface area contributed by atoms with Crippen molar-refractivity contribution in [2.45, 2.75) is 0 Å². The Morgan fingerprint density at radius 3 is 2.56 bits per heavy atom. The molecule has 216 valence electrons. The Morgan fingerprint density at radius 1 is 1.22 bits per heavy atom. The summed E-state index contributed by atoms with van der Waals surface area (Å²) in [5.74, 6) is -1.90. The molecule has 0 saturated carbocycles. The molecule has 0 spiro atoms. The monoisotopic (exact) mass is 604 g/mol. The van der Waals surface area contributed by atoms with E-state index in [1.807, 2.05) is 11.9 Å². The van der Waals surface area contributed by atoms with Gasteiger partial charge >= 0.3 is 7.82 Å². The maximum absolute atomic E-state index is 15.5. The van der Waals surface area contributed by atoms with Gasteiger partial charge in [0.25, 0.3) is 0 Å². The van der Waals surface area contributed by atoms with Crippen molar-refractivity contribution >= 4 is 59.3 Å². The Hall–Kier alpha value is -4.07. The molecule has 1 saturated heterocycles. The lowest BCUT2D eigenvalue weighted by Gasteiger charge is -2.35. The van der Waals surface area contributed by atoms with Gasteiger partial charge in [0.1, 0.15) is 16.7 Å². The van der Waals surface area contributed by atoms with Crippen LogP contribution in [0.3, 0.4) is 0 Å². The van der Waals surface area contributed by atoms with Gasteiger partial charge in [-0.1, -0.05) is 30.3 Å². The van der Waals surface area contributed by atoms with Crippen molar-refractivity contribution in [1.82, 2.24) is 14.9 Å². The van der Waals surface area contributed by atoms with Crippen LogP contribution < -0.4 is 25.8 Å². The minimum absolute atomic E-state index is 0.00914. The molecule has 3 aromatic rings. The van der Waals surface area contributed by atoms with Crippen molar-refractivity contribution in [2.75, 3.05) is 54.5 Å². The first-order chi connectivity index (χ1) is 19.3. The van der Waals surface area contributed by atoms with Crippen molar-refractivity contribution in [3.63, 3.8) is 0 Å². The molecule has 41 heavy (non-hydrogen) atoms. The summed E-state index contributed by atoms with van der Waals surface area (Å²) in [7, 11) is -3.13. The summed E-state index contributed by atoms with van der Waals surface area (Å²) < 4.78 is 32.1. The van der Waals surface area contributed by atoms with Crippen LogP contribution >= 0.6 is 19.4 Å². The van der Waals surface area contributed by atoms with Gasteiger partial charge in [0.2, 0.25) is 11.9 Å². The zero-order valence-corrected chi connectivity index (χ0v) is 23.4. The number of anilines is 5. The topological polar surface area (TPSA) is 190 Å². The lowest BCUT2D eigenvalue weighted by molar-refractivity contribution is -0.111. The third-order valence-corrected chi connectivity index (χ3v) is 6.69. The van der Waals surface area contributed by atoms with Crippen LogP contribution in [-0.4, -0.2) is 69.0 Å². The first-order valence-electron chi connectivity index (χ1n) is 12.1. The summed E-state index contributed by atoms with van der Waals surface area (Å²) >= 11 is 6.00. The third kappa shape index (κ3) is 7.37. The number of rotatable bonds is 9. The van der Waals surface area contributed by atoms with E-state index < -0.39 is 24.7 Å². The van der Waals surface area contributed by atoms with E-state index >= 15 is 4.39 Å². The van der Waals surface area contributed by atoms with Crippen molar-refractivity contribution in [3.05, 3.63) is 60.4 Å². The molecular weight excluding hydrogens is 578 g/mol. The predicted molar refractivity (Wildman–Crippen MR) is 155 cm³/mol. The molecule has 4 rings (SSSR count). The molecule has 1 fully saturated rings. The van der Waals surface area contributed by atoms with Crippen LogP contribution in [0.2, 0.25) is 0 Å². The number of likely N-dealkylation sites (N-methyl/N-ethyl adjacent to an activating group) is 1. The van der Waals surface area contributed by atoms with Crippen molar-refractivity contribution < 1.29 is 28.1 Å². The fraction of sp³-hybridized carbons (Fsp3) is 0.200. The number of hydrogen-bond donors (Lipinski definition) is 6. The van der Waals surface area contributed by atoms with Gasteiger partial charge in [-0.25, -0.2) is 13.9 Å². The average Bonchev–Trinajstić information content (AvgIpc) is 2.88. The van der Waals surface area contributed by atoms with Crippen LogP contribution in [0.1, 0.15) is 5.56 Å². The molecule has 16 heteroatoms. The second kappa shape index (κ2) is 12.2. The largest absolute Gasteiger partial charge is 0.524 e. The minimum atomic E-state index is -5.05. The number of piperazine rings is 1. The first kappa shape index (κ1) is 29.9. The third-order valence-electron chi connectivity index (χ3n) is 6.07.